The molecule has 5 nitrogen and oxygen atoms in total. The molecule has 0 amide bonds. The molecule has 166 valence electrons. The van der Waals surface area contributed by atoms with Gasteiger partial charge < -0.3 is 9.99 Å². The van der Waals surface area contributed by atoms with E-state index in [2.05, 4.69) is 16.3 Å². The number of halogens is 2. The third-order valence-corrected chi connectivity index (χ3v) is 8.93. The molecular formula is C21H31F2O5S-. The number of rotatable bonds is 8. The quantitative estimate of drug-likeness (QED) is 0.237. The lowest BCUT2D eigenvalue weighted by atomic mass is 9.41. The van der Waals surface area contributed by atoms with Gasteiger partial charge in [0.05, 0.1) is 6.61 Å². The van der Waals surface area contributed by atoms with Crippen LogP contribution in [0, 0.1) is 34.5 Å². The molecule has 8 heteroatoms. The fraction of sp³-hybridized carbons (Fsp3) is 0.952. The molecule has 29 heavy (non-hydrogen) atoms. The second-order valence-electron chi connectivity index (χ2n) is 10.3. The Hall–Kier alpha value is -0.440. The summed E-state index contributed by atoms with van der Waals surface area (Å²) in [6.07, 6.45) is 13.2. The molecule has 5 rings (SSSR count). The summed E-state index contributed by atoms with van der Waals surface area (Å²) >= 11 is -0.615. The van der Waals surface area contributed by atoms with E-state index < -0.39 is 23.3 Å². The summed E-state index contributed by atoms with van der Waals surface area (Å²) in [6, 6.07) is 0. The molecule has 5 aliphatic rings. The second-order valence-corrected chi connectivity index (χ2v) is 11.1. The lowest BCUT2D eigenvalue weighted by molar-refractivity contribution is -0.777. The Morgan fingerprint density at radius 1 is 1.14 bits per heavy atom. The predicted octanol–water partition coefficient (Wildman–Crippen LogP) is 4.80. The van der Waals surface area contributed by atoms with Crippen LogP contribution in [0.1, 0.15) is 77.6 Å². The van der Waals surface area contributed by atoms with Gasteiger partial charge in [0.1, 0.15) is 12.0 Å². The first-order valence-corrected chi connectivity index (χ1v) is 11.7. The van der Waals surface area contributed by atoms with Gasteiger partial charge in [0.2, 0.25) is 0 Å². The molecule has 5 aliphatic carbocycles. The molecule has 4 bridgehead atoms. The van der Waals surface area contributed by atoms with Crippen molar-refractivity contribution in [1.82, 2.24) is 0 Å². The van der Waals surface area contributed by atoms with E-state index in [9.17, 15) is 18.8 Å². The number of esters is 1. The molecule has 0 saturated heterocycles. The Morgan fingerprint density at radius 2 is 1.79 bits per heavy atom. The van der Waals surface area contributed by atoms with Gasteiger partial charge in [0.25, 0.3) is 0 Å². The molecule has 0 spiro atoms. The van der Waals surface area contributed by atoms with Gasteiger partial charge in [-0.2, -0.15) is 13.1 Å². The van der Waals surface area contributed by atoms with Crippen molar-refractivity contribution in [3.63, 3.8) is 0 Å². The molecule has 2 atom stereocenters. The minimum absolute atomic E-state index is 0.0409. The van der Waals surface area contributed by atoms with Crippen molar-refractivity contribution in [2.24, 2.45) is 34.5 Å². The average Bonchev–Trinajstić information content (AvgIpc) is 2.69. The number of hydrogen-bond donors (Lipinski definition) is 0. The first-order valence-electron chi connectivity index (χ1n) is 11.0. The molecule has 0 N–H and O–H groups in total. The topological polar surface area (TPSA) is 67.8 Å². The van der Waals surface area contributed by atoms with Gasteiger partial charge >= 0.3 is 11.2 Å². The summed E-state index contributed by atoms with van der Waals surface area (Å²) in [5.74, 6) is 1.19. The molecular weight excluding hydrogens is 402 g/mol. The Labute approximate surface area is 175 Å². The summed E-state index contributed by atoms with van der Waals surface area (Å²) in [5.41, 5.74) is 0.143. The third kappa shape index (κ3) is 4.32. The lowest BCUT2D eigenvalue weighted by Crippen LogP contribution is -2.56. The summed E-state index contributed by atoms with van der Waals surface area (Å²) in [7, 11) is 0. The van der Waals surface area contributed by atoms with E-state index in [1.54, 1.807) is 0 Å². The van der Waals surface area contributed by atoms with Crippen molar-refractivity contribution in [2.45, 2.75) is 82.8 Å². The van der Waals surface area contributed by atoms with Crippen LogP contribution < -0.4 is 5.26 Å². The number of hydrogen-bond acceptors (Lipinski definition) is 6. The fourth-order valence-corrected chi connectivity index (χ4v) is 7.99. The van der Waals surface area contributed by atoms with Crippen molar-refractivity contribution >= 4 is 18.0 Å². The summed E-state index contributed by atoms with van der Waals surface area (Å²) < 4.78 is 36.2. The van der Waals surface area contributed by atoms with Crippen LogP contribution in [0.15, 0.2) is 0 Å². The SMILES string of the molecule is CCC1CCC(C23CC4CC(CC(COC(=O)C(F)(F)SOO[O-])(C4)C2)C3)CC1. The van der Waals surface area contributed by atoms with Crippen LogP contribution in [0.2, 0.25) is 0 Å². The van der Waals surface area contributed by atoms with E-state index in [1.807, 2.05) is 0 Å². The molecule has 0 aromatic rings. The van der Waals surface area contributed by atoms with Gasteiger partial charge in [-0.25, -0.2) is 4.79 Å². The van der Waals surface area contributed by atoms with E-state index in [0.29, 0.717) is 17.3 Å². The molecule has 0 aromatic heterocycles. The van der Waals surface area contributed by atoms with Crippen LogP contribution in [0.5, 0.6) is 0 Å². The Morgan fingerprint density at radius 3 is 2.38 bits per heavy atom. The maximum Gasteiger partial charge on any atom is 0.415 e. The summed E-state index contributed by atoms with van der Waals surface area (Å²) in [4.78, 5) is 11.9. The highest BCUT2D eigenvalue weighted by molar-refractivity contribution is 7.96. The summed E-state index contributed by atoms with van der Waals surface area (Å²) in [5, 5.41) is 8.76. The molecule has 2 unspecified atom stereocenters. The van der Waals surface area contributed by atoms with Gasteiger partial charge in [0.15, 0.2) is 0 Å². The number of ether oxygens (including phenoxy) is 1. The normalized spacial score (nSPS) is 41.5. The fourth-order valence-electron chi connectivity index (χ4n) is 7.75. The monoisotopic (exact) mass is 433 g/mol. The van der Waals surface area contributed by atoms with Crippen LogP contribution in [-0.2, 0) is 18.9 Å². The smallest absolute Gasteiger partial charge is 0.415 e. The average molecular weight is 434 g/mol. The first kappa shape index (κ1) is 21.8. The highest BCUT2D eigenvalue weighted by Gasteiger charge is 2.60. The number of alkyl halides is 2. The zero-order valence-corrected chi connectivity index (χ0v) is 17.8. The van der Waals surface area contributed by atoms with Crippen LogP contribution in [0.3, 0.4) is 0 Å². The maximum atomic E-state index is 13.7. The zero-order valence-electron chi connectivity index (χ0n) is 17.0. The highest BCUT2D eigenvalue weighted by Crippen LogP contribution is 2.69. The van der Waals surface area contributed by atoms with E-state index in [4.69, 9.17) is 4.74 Å². The largest absolute Gasteiger partial charge is 0.691 e. The molecule has 5 saturated carbocycles. The molecule has 0 radical (unpaired) electrons. The van der Waals surface area contributed by atoms with Gasteiger partial charge in [-0.1, -0.05) is 26.2 Å². The van der Waals surface area contributed by atoms with E-state index in [0.717, 1.165) is 31.1 Å². The van der Waals surface area contributed by atoms with Gasteiger partial charge in [0, 0.05) is 5.41 Å². The predicted molar refractivity (Wildman–Crippen MR) is 101 cm³/mol. The Bertz CT molecular complexity index is 594. The van der Waals surface area contributed by atoms with Crippen LogP contribution in [0.4, 0.5) is 8.78 Å². The molecule has 0 aliphatic heterocycles. The Kier molecular flexibility index (Phi) is 6.19. The van der Waals surface area contributed by atoms with Crippen molar-refractivity contribution in [2.75, 3.05) is 6.61 Å². The molecule has 0 aromatic carbocycles. The van der Waals surface area contributed by atoms with E-state index in [-0.39, 0.29) is 12.0 Å². The van der Waals surface area contributed by atoms with Crippen molar-refractivity contribution in [3.8, 4) is 0 Å². The Balaban J connectivity index is 1.42. The van der Waals surface area contributed by atoms with E-state index in [1.165, 1.54) is 51.4 Å². The first-order chi connectivity index (χ1) is 13.8. The van der Waals surface area contributed by atoms with E-state index >= 15 is 0 Å². The molecule has 0 heterocycles. The van der Waals surface area contributed by atoms with Crippen molar-refractivity contribution in [3.05, 3.63) is 0 Å². The lowest BCUT2D eigenvalue weighted by Gasteiger charge is -2.64. The van der Waals surface area contributed by atoms with Crippen LogP contribution >= 0.6 is 12.0 Å². The third-order valence-electron chi connectivity index (χ3n) is 8.43. The number of carbonyl (C=O) groups is 1. The van der Waals surface area contributed by atoms with Gasteiger partial charge in [-0.05, 0) is 80.5 Å². The number of carbonyl (C=O) groups excluding carboxylic acids is 1. The minimum Gasteiger partial charge on any atom is -0.691 e. The van der Waals surface area contributed by atoms with Crippen LogP contribution in [-0.4, -0.2) is 17.8 Å². The minimum atomic E-state index is -3.96. The zero-order chi connectivity index (χ0) is 20.7. The van der Waals surface area contributed by atoms with Gasteiger partial charge in [-0.15, -0.1) is 0 Å². The van der Waals surface area contributed by atoms with Gasteiger partial charge in [-0.3, -0.25) is 5.04 Å². The second kappa shape index (κ2) is 8.24. The maximum absolute atomic E-state index is 13.7. The van der Waals surface area contributed by atoms with Crippen molar-refractivity contribution < 1.29 is 32.9 Å². The molecule has 5 fully saturated rings. The van der Waals surface area contributed by atoms with Crippen LogP contribution in [0.25, 0.3) is 0 Å². The highest BCUT2D eigenvalue weighted by atomic mass is 32.2. The standard InChI is InChI=1S/C21H32F2O5S/c1-2-14-3-5-17(6-4-14)20-10-15-7-16(11-20)9-19(8-15,12-20)13-26-18(24)21(22,23)29-28-27-25/h14-17,25H,2-13H2,1H3/p-1. The summed E-state index contributed by atoms with van der Waals surface area (Å²) in [6.45, 7) is 2.32. The van der Waals surface area contributed by atoms with Crippen molar-refractivity contribution in [1.29, 1.82) is 0 Å².